The molecule has 100 valence electrons. The zero-order valence-corrected chi connectivity index (χ0v) is 11.3. The fourth-order valence-electron chi connectivity index (χ4n) is 1.52. The van der Waals surface area contributed by atoms with E-state index in [-0.39, 0.29) is 6.54 Å². The first-order chi connectivity index (χ1) is 9.08. The molecule has 6 heteroatoms. The van der Waals surface area contributed by atoms with Crippen molar-refractivity contribution in [3.8, 4) is 0 Å². The SMILES string of the molecule is CN(Cc1ncc[nH]1)S(=O)(=O)C=Cc1ccccc1. The highest BCUT2D eigenvalue weighted by atomic mass is 32.2. The van der Waals surface area contributed by atoms with Crippen molar-refractivity contribution in [3.63, 3.8) is 0 Å². The Kier molecular flexibility index (Phi) is 4.13. The molecule has 1 heterocycles. The van der Waals surface area contributed by atoms with Gasteiger partial charge in [-0.3, -0.25) is 0 Å². The summed E-state index contributed by atoms with van der Waals surface area (Å²) in [4.78, 5) is 6.87. The summed E-state index contributed by atoms with van der Waals surface area (Å²) in [7, 11) is -1.92. The second-order valence-electron chi connectivity index (χ2n) is 4.05. The minimum atomic E-state index is -3.44. The molecule has 19 heavy (non-hydrogen) atoms. The van der Waals surface area contributed by atoms with E-state index in [2.05, 4.69) is 9.97 Å². The van der Waals surface area contributed by atoms with Gasteiger partial charge in [0.15, 0.2) is 0 Å². The van der Waals surface area contributed by atoms with Gasteiger partial charge in [-0.2, -0.15) is 4.31 Å². The van der Waals surface area contributed by atoms with Crippen molar-refractivity contribution in [3.05, 3.63) is 59.5 Å². The van der Waals surface area contributed by atoms with Crippen LogP contribution in [0.3, 0.4) is 0 Å². The largest absolute Gasteiger partial charge is 0.347 e. The molecule has 0 saturated carbocycles. The van der Waals surface area contributed by atoms with Gasteiger partial charge in [-0.15, -0.1) is 0 Å². The third-order valence-electron chi connectivity index (χ3n) is 2.59. The van der Waals surface area contributed by atoms with Crippen LogP contribution in [0.15, 0.2) is 48.1 Å². The number of aromatic amines is 1. The van der Waals surface area contributed by atoms with Crippen molar-refractivity contribution in [2.45, 2.75) is 6.54 Å². The van der Waals surface area contributed by atoms with E-state index < -0.39 is 10.0 Å². The normalized spacial score (nSPS) is 12.3. The molecule has 0 aliphatic rings. The van der Waals surface area contributed by atoms with E-state index in [9.17, 15) is 8.42 Å². The molecule has 0 spiro atoms. The van der Waals surface area contributed by atoms with Crippen LogP contribution >= 0.6 is 0 Å². The smallest absolute Gasteiger partial charge is 0.236 e. The maximum Gasteiger partial charge on any atom is 0.236 e. The number of H-pyrrole nitrogens is 1. The summed E-state index contributed by atoms with van der Waals surface area (Å²) >= 11 is 0. The van der Waals surface area contributed by atoms with Gasteiger partial charge in [0.1, 0.15) is 5.82 Å². The van der Waals surface area contributed by atoms with Crippen LogP contribution in [-0.2, 0) is 16.6 Å². The molecule has 0 saturated heterocycles. The van der Waals surface area contributed by atoms with E-state index in [1.165, 1.54) is 16.8 Å². The topological polar surface area (TPSA) is 66.1 Å². The van der Waals surface area contributed by atoms with Gasteiger partial charge in [-0.05, 0) is 11.6 Å². The Labute approximate surface area is 112 Å². The lowest BCUT2D eigenvalue weighted by Crippen LogP contribution is -2.24. The van der Waals surface area contributed by atoms with Gasteiger partial charge >= 0.3 is 0 Å². The van der Waals surface area contributed by atoms with E-state index >= 15 is 0 Å². The van der Waals surface area contributed by atoms with Crippen molar-refractivity contribution >= 4 is 16.1 Å². The zero-order chi connectivity index (χ0) is 13.7. The molecule has 0 bridgehead atoms. The zero-order valence-electron chi connectivity index (χ0n) is 10.5. The van der Waals surface area contributed by atoms with Gasteiger partial charge in [0.05, 0.1) is 6.54 Å². The molecular formula is C13H15N3O2S. The lowest BCUT2D eigenvalue weighted by atomic mass is 10.2. The molecular weight excluding hydrogens is 262 g/mol. The number of hydrogen-bond acceptors (Lipinski definition) is 3. The highest BCUT2D eigenvalue weighted by Gasteiger charge is 2.15. The van der Waals surface area contributed by atoms with E-state index in [1.807, 2.05) is 30.3 Å². The third kappa shape index (κ3) is 3.77. The van der Waals surface area contributed by atoms with Gasteiger partial charge in [0.25, 0.3) is 0 Å². The number of nitrogens with zero attached hydrogens (tertiary/aromatic N) is 2. The number of sulfonamides is 1. The van der Waals surface area contributed by atoms with Gasteiger partial charge in [-0.25, -0.2) is 13.4 Å². The molecule has 0 amide bonds. The first-order valence-electron chi connectivity index (χ1n) is 5.76. The first-order valence-corrected chi connectivity index (χ1v) is 7.26. The van der Waals surface area contributed by atoms with Crippen molar-refractivity contribution < 1.29 is 8.42 Å². The van der Waals surface area contributed by atoms with E-state index in [1.54, 1.807) is 18.5 Å². The van der Waals surface area contributed by atoms with E-state index in [0.717, 1.165) is 5.56 Å². The standard InChI is InChI=1S/C13H15N3O2S/c1-16(11-13-14-8-9-15-13)19(17,18)10-7-12-5-3-2-4-6-12/h2-10H,11H2,1H3,(H,14,15). The summed E-state index contributed by atoms with van der Waals surface area (Å²) in [6.07, 6.45) is 4.83. The number of hydrogen-bond donors (Lipinski definition) is 1. The Morgan fingerprint density at radius 2 is 2.05 bits per heavy atom. The molecule has 1 N–H and O–H groups in total. The Hall–Kier alpha value is -1.92. The van der Waals surface area contributed by atoms with Crippen LogP contribution in [0.4, 0.5) is 0 Å². The molecule has 1 aromatic carbocycles. The van der Waals surface area contributed by atoms with Crippen molar-refractivity contribution in [1.82, 2.24) is 14.3 Å². The maximum atomic E-state index is 12.0. The molecule has 2 aromatic rings. The molecule has 5 nitrogen and oxygen atoms in total. The first kappa shape index (κ1) is 13.5. The molecule has 0 fully saturated rings. The minimum absolute atomic E-state index is 0.217. The summed E-state index contributed by atoms with van der Waals surface area (Å²) in [5.41, 5.74) is 0.845. The van der Waals surface area contributed by atoms with Crippen LogP contribution in [0.2, 0.25) is 0 Å². The lowest BCUT2D eigenvalue weighted by molar-refractivity contribution is 0.466. The number of rotatable bonds is 5. The Bertz CT molecular complexity index is 634. The van der Waals surface area contributed by atoms with Crippen molar-refractivity contribution in [1.29, 1.82) is 0 Å². The van der Waals surface area contributed by atoms with Crippen LogP contribution < -0.4 is 0 Å². The van der Waals surface area contributed by atoms with Gasteiger partial charge in [-0.1, -0.05) is 30.3 Å². The molecule has 0 aliphatic heterocycles. The monoisotopic (exact) mass is 277 g/mol. The van der Waals surface area contributed by atoms with Crippen LogP contribution in [0.1, 0.15) is 11.4 Å². The maximum absolute atomic E-state index is 12.0. The fourth-order valence-corrected chi connectivity index (χ4v) is 2.36. The number of aromatic nitrogens is 2. The van der Waals surface area contributed by atoms with Gasteiger partial charge in [0.2, 0.25) is 10.0 Å². The Morgan fingerprint density at radius 3 is 2.68 bits per heavy atom. The Morgan fingerprint density at radius 1 is 1.32 bits per heavy atom. The van der Waals surface area contributed by atoms with Crippen molar-refractivity contribution in [2.24, 2.45) is 0 Å². The quantitative estimate of drug-likeness (QED) is 0.907. The predicted molar refractivity (Wildman–Crippen MR) is 74.5 cm³/mol. The lowest BCUT2D eigenvalue weighted by Gasteiger charge is -2.12. The van der Waals surface area contributed by atoms with E-state index in [4.69, 9.17) is 0 Å². The molecule has 0 aliphatic carbocycles. The summed E-state index contributed by atoms with van der Waals surface area (Å²) in [6.45, 7) is 0.217. The molecule has 0 radical (unpaired) electrons. The average Bonchev–Trinajstić information content (AvgIpc) is 2.90. The van der Waals surface area contributed by atoms with Crippen molar-refractivity contribution in [2.75, 3.05) is 7.05 Å². The second kappa shape index (κ2) is 5.81. The van der Waals surface area contributed by atoms with Crippen LogP contribution in [0.5, 0.6) is 0 Å². The highest BCUT2D eigenvalue weighted by Crippen LogP contribution is 2.08. The van der Waals surface area contributed by atoms with Crippen LogP contribution in [-0.4, -0.2) is 29.7 Å². The van der Waals surface area contributed by atoms with Gasteiger partial charge in [0, 0.05) is 24.8 Å². The van der Waals surface area contributed by atoms with E-state index in [0.29, 0.717) is 5.82 Å². The third-order valence-corrected chi connectivity index (χ3v) is 4.07. The number of nitrogens with one attached hydrogen (secondary N) is 1. The number of benzene rings is 1. The molecule has 2 rings (SSSR count). The molecule has 0 unspecified atom stereocenters. The average molecular weight is 277 g/mol. The molecule has 0 atom stereocenters. The molecule has 1 aromatic heterocycles. The number of imidazole rings is 1. The summed E-state index contributed by atoms with van der Waals surface area (Å²) < 4.78 is 25.3. The van der Waals surface area contributed by atoms with Crippen LogP contribution in [0, 0.1) is 0 Å². The summed E-state index contributed by atoms with van der Waals surface area (Å²) in [5, 5.41) is 1.20. The highest BCUT2D eigenvalue weighted by molar-refractivity contribution is 7.92. The summed E-state index contributed by atoms with van der Waals surface area (Å²) in [6, 6.07) is 9.30. The summed E-state index contributed by atoms with van der Waals surface area (Å²) in [5.74, 6) is 0.610. The fraction of sp³-hybridized carbons (Fsp3) is 0.154. The second-order valence-corrected chi connectivity index (χ2v) is 5.98. The minimum Gasteiger partial charge on any atom is -0.347 e. The predicted octanol–water partition coefficient (Wildman–Crippen LogP) is 1.84. The van der Waals surface area contributed by atoms with Crippen LogP contribution in [0.25, 0.3) is 6.08 Å². The Balaban J connectivity index is 2.08. The van der Waals surface area contributed by atoms with Gasteiger partial charge < -0.3 is 4.98 Å².